The van der Waals surface area contributed by atoms with E-state index in [0.717, 1.165) is 12.1 Å². The Morgan fingerprint density at radius 3 is 2.68 bits per heavy atom. The molecule has 2 aromatic rings. The molecule has 1 heterocycles. The van der Waals surface area contributed by atoms with E-state index >= 15 is 0 Å². The van der Waals surface area contributed by atoms with Gasteiger partial charge < -0.3 is 19.5 Å². The average Bonchev–Trinajstić information content (AvgIpc) is 3.01. The molecule has 0 radical (unpaired) electrons. The van der Waals surface area contributed by atoms with Crippen LogP contribution in [0.25, 0.3) is 0 Å². The second-order valence-electron chi connectivity index (χ2n) is 5.04. The van der Waals surface area contributed by atoms with Gasteiger partial charge in [0.15, 0.2) is 18.1 Å². The van der Waals surface area contributed by atoms with Crippen LogP contribution in [0.2, 0.25) is 5.02 Å². The van der Waals surface area contributed by atoms with Crippen LogP contribution >= 0.6 is 11.6 Å². The van der Waals surface area contributed by atoms with E-state index in [2.05, 4.69) is 5.32 Å². The van der Waals surface area contributed by atoms with Crippen molar-refractivity contribution in [3.8, 4) is 17.2 Å². The number of carbonyl (C=O) groups excluding carboxylic acids is 1. The molecule has 0 aromatic heterocycles. The lowest BCUT2D eigenvalue weighted by Crippen LogP contribution is -2.22. The Morgan fingerprint density at radius 1 is 1.16 bits per heavy atom. The van der Waals surface area contributed by atoms with E-state index in [1.807, 2.05) is 0 Å². The molecule has 1 aliphatic rings. The monoisotopic (exact) mass is 373 g/mol. The number of fused-ring (bicyclic) bond motifs is 1. The van der Waals surface area contributed by atoms with Crippen LogP contribution in [0.4, 0.5) is 18.9 Å². The third kappa shape index (κ3) is 4.08. The van der Waals surface area contributed by atoms with Crippen molar-refractivity contribution in [2.45, 2.75) is 6.18 Å². The summed E-state index contributed by atoms with van der Waals surface area (Å²) in [5.74, 6) is 0.597. The molecule has 0 saturated carbocycles. The average molecular weight is 374 g/mol. The van der Waals surface area contributed by atoms with E-state index in [0.29, 0.717) is 17.2 Å². The van der Waals surface area contributed by atoms with Gasteiger partial charge in [-0.05, 0) is 30.3 Å². The minimum atomic E-state index is -4.65. The van der Waals surface area contributed by atoms with Crippen LogP contribution in [0, 0.1) is 0 Å². The quantitative estimate of drug-likeness (QED) is 0.876. The first-order chi connectivity index (χ1) is 11.8. The molecule has 3 rings (SSSR count). The summed E-state index contributed by atoms with van der Waals surface area (Å²) in [6.45, 7) is -0.379. The number of halogens is 4. The van der Waals surface area contributed by atoms with Gasteiger partial charge in [-0.3, -0.25) is 4.79 Å². The lowest BCUT2D eigenvalue weighted by molar-refractivity contribution is -0.137. The van der Waals surface area contributed by atoms with Crippen LogP contribution in [0.3, 0.4) is 0 Å². The number of alkyl halides is 3. The van der Waals surface area contributed by atoms with Crippen molar-refractivity contribution in [2.75, 3.05) is 18.7 Å². The van der Waals surface area contributed by atoms with E-state index in [1.54, 1.807) is 12.1 Å². The minimum Gasteiger partial charge on any atom is -0.484 e. The highest BCUT2D eigenvalue weighted by Gasteiger charge is 2.34. The number of anilines is 1. The molecule has 5 nitrogen and oxygen atoms in total. The summed E-state index contributed by atoms with van der Waals surface area (Å²) >= 11 is 5.59. The Hall–Kier alpha value is -2.61. The molecule has 1 aliphatic heterocycles. The van der Waals surface area contributed by atoms with Crippen molar-refractivity contribution < 1.29 is 32.2 Å². The maximum Gasteiger partial charge on any atom is 0.418 e. The number of hydrogen-bond donors (Lipinski definition) is 1. The van der Waals surface area contributed by atoms with Crippen molar-refractivity contribution in [3.63, 3.8) is 0 Å². The Morgan fingerprint density at radius 2 is 1.92 bits per heavy atom. The van der Waals surface area contributed by atoms with Gasteiger partial charge in [0.05, 0.1) is 11.3 Å². The van der Waals surface area contributed by atoms with Crippen LogP contribution in [-0.2, 0) is 11.0 Å². The van der Waals surface area contributed by atoms with Gasteiger partial charge in [-0.2, -0.15) is 13.2 Å². The minimum absolute atomic E-state index is 0.0815. The zero-order valence-electron chi connectivity index (χ0n) is 12.5. The first-order valence-electron chi connectivity index (χ1n) is 7.02. The van der Waals surface area contributed by atoms with Crippen LogP contribution in [0.1, 0.15) is 5.56 Å². The fraction of sp³-hybridized carbons (Fsp3) is 0.188. The molecule has 0 atom stereocenters. The Labute approximate surface area is 145 Å². The lowest BCUT2D eigenvalue weighted by atomic mass is 10.1. The van der Waals surface area contributed by atoms with Gasteiger partial charge >= 0.3 is 6.18 Å². The van der Waals surface area contributed by atoms with Gasteiger partial charge in [0.25, 0.3) is 5.91 Å². The molecule has 9 heteroatoms. The van der Waals surface area contributed by atoms with E-state index in [4.69, 9.17) is 25.8 Å². The molecule has 0 fully saturated rings. The maximum absolute atomic E-state index is 13.0. The highest BCUT2D eigenvalue weighted by molar-refractivity contribution is 6.30. The van der Waals surface area contributed by atoms with Crippen molar-refractivity contribution in [1.29, 1.82) is 0 Å². The van der Waals surface area contributed by atoms with Gasteiger partial charge in [-0.15, -0.1) is 0 Å². The number of benzene rings is 2. The number of ether oxygens (including phenoxy) is 3. The SMILES string of the molecule is O=C(COc1ccc2c(c1)OCO2)Nc1ccc(Cl)cc1C(F)(F)F. The summed E-state index contributed by atoms with van der Waals surface area (Å²) in [6, 6.07) is 7.78. The fourth-order valence-electron chi connectivity index (χ4n) is 2.16. The van der Waals surface area contributed by atoms with E-state index < -0.39 is 29.9 Å². The van der Waals surface area contributed by atoms with Gasteiger partial charge in [0.1, 0.15) is 5.75 Å². The number of rotatable bonds is 4. The van der Waals surface area contributed by atoms with Crippen LogP contribution in [0.15, 0.2) is 36.4 Å². The topological polar surface area (TPSA) is 56.8 Å². The van der Waals surface area contributed by atoms with Gasteiger partial charge in [0.2, 0.25) is 6.79 Å². The summed E-state index contributed by atoms with van der Waals surface area (Å²) in [6.07, 6.45) is -4.65. The number of nitrogens with one attached hydrogen (secondary N) is 1. The maximum atomic E-state index is 13.0. The molecule has 2 aromatic carbocycles. The molecule has 0 unspecified atom stereocenters. The largest absolute Gasteiger partial charge is 0.484 e. The van der Waals surface area contributed by atoms with E-state index in [9.17, 15) is 18.0 Å². The third-order valence-electron chi connectivity index (χ3n) is 3.28. The molecule has 132 valence electrons. The van der Waals surface area contributed by atoms with Crippen LogP contribution in [-0.4, -0.2) is 19.3 Å². The Balaban J connectivity index is 1.65. The summed E-state index contributed by atoms with van der Waals surface area (Å²) in [4.78, 5) is 11.9. The predicted molar refractivity (Wildman–Crippen MR) is 83.1 cm³/mol. The highest BCUT2D eigenvalue weighted by atomic mass is 35.5. The smallest absolute Gasteiger partial charge is 0.418 e. The second kappa shape index (κ2) is 6.72. The van der Waals surface area contributed by atoms with Crippen molar-refractivity contribution in [1.82, 2.24) is 0 Å². The van der Waals surface area contributed by atoms with Crippen molar-refractivity contribution in [3.05, 3.63) is 47.0 Å². The van der Waals surface area contributed by atoms with E-state index in [1.165, 1.54) is 12.1 Å². The van der Waals surface area contributed by atoms with Gasteiger partial charge in [-0.1, -0.05) is 11.6 Å². The molecule has 1 N–H and O–H groups in total. The first-order valence-corrected chi connectivity index (χ1v) is 7.40. The first kappa shape index (κ1) is 17.2. The number of amides is 1. The molecule has 25 heavy (non-hydrogen) atoms. The zero-order chi connectivity index (χ0) is 18.0. The Kier molecular flexibility index (Phi) is 4.63. The predicted octanol–water partition coefficient (Wildman–Crippen LogP) is 4.11. The van der Waals surface area contributed by atoms with Crippen molar-refractivity contribution in [2.24, 2.45) is 0 Å². The summed E-state index contributed by atoms with van der Waals surface area (Å²) in [7, 11) is 0. The molecular weight excluding hydrogens is 363 g/mol. The van der Waals surface area contributed by atoms with Gasteiger partial charge in [0, 0.05) is 11.1 Å². The number of carbonyl (C=O) groups is 1. The molecule has 0 bridgehead atoms. The molecule has 0 saturated heterocycles. The summed E-state index contributed by atoms with van der Waals surface area (Å²) in [5, 5.41) is 2.09. The molecule has 1 amide bonds. The molecule has 0 aliphatic carbocycles. The van der Waals surface area contributed by atoms with E-state index in [-0.39, 0.29) is 11.8 Å². The summed E-state index contributed by atoms with van der Waals surface area (Å²) < 4.78 is 54.5. The third-order valence-corrected chi connectivity index (χ3v) is 3.51. The summed E-state index contributed by atoms with van der Waals surface area (Å²) in [5.41, 5.74) is -1.42. The highest BCUT2D eigenvalue weighted by Crippen LogP contribution is 2.37. The van der Waals surface area contributed by atoms with Crippen LogP contribution in [0.5, 0.6) is 17.2 Å². The van der Waals surface area contributed by atoms with Gasteiger partial charge in [-0.25, -0.2) is 0 Å². The lowest BCUT2D eigenvalue weighted by Gasteiger charge is -2.14. The van der Waals surface area contributed by atoms with Crippen LogP contribution < -0.4 is 19.5 Å². The van der Waals surface area contributed by atoms with Crippen molar-refractivity contribution >= 4 is 23.2 Å². The second-order valence-corrected chi connectivity index (χ2v) is 5.48. The Bertz CT molecular complexity index is 810. The molecule has 0 spiro atoms. The normalized spacial score (nSPS) is 12.8. The zero-order valence-corrected chi connectivity index (χ0v) is 13.3. The fourth-order valence-corrected chi connectivity index (χ4v) is 2.33. The number of hydrogen-bond acceptors (Lipinski definition) is 4. The molecular formula is C16H11ClF3NO4. The standard InChI is InChI=1S/C16H11ClF3NO4/c17-9-1-3-12(11(5-9)16(18,19)20)21-15(22)7-23-10-2-4-13-14(6-10)25-8-24-13/h1-6H,7-8H2,(H,21,22).